The second-order valence-corrected chi connectivity index (χ2v) is 4.39. The Morgan fingerprint density at radius 3 is 2.14 bits per heavy atom. The summed E-state index contributed by atoms with van der Waals surface area (Å²) in [6.45, 7) is 1.39. The molecule has 7 heteroatoms. The molecule has 0 aromatic heterocycles. The Kier molecular flexibility index (Phi) is 4.11. The normalized spacial score (nSPS) is 12.0. The largest absolute Gasteiger partial charge is 0.370 e. The average Bonchev–Trinajstić information content (AvgIpc) is 2.40. The maximum Gasteiger partial charge on any atom is 0.295 e. The van der Waals surface area contributed by atoms with Crippen molar-refractivity contribution in [2.24, 2.45) is 0 Å². The quantitative estimate of drug-likeness (QED) is 0.680. The van der Waals surface area contributed by atoms with E-state index in [-0.39, 0.29) is 5.56 Å². The molecular weight excluding hydrogens is 285 g/mol. The number of nitrogens with zero attached hydrogens (tertiary/aromatic N) is 1. The van der Waals surface area contributed by atoms with E-state index in [1.807, 2.05) is 0 Å². The molecule has 1 N–H and O–H groups in total. The fourth-order valence-electron chi connectivity index (χ4n) is 2.02. The Bertz CT molecular complexity index is 672. The molecule has 0 saturated carbocycles. The third kappa shape index (κ3) is 2.96. The van der Waals surface area contributed by atoms with E-state index >= 15 is 0 Å². The van der Waals surface area contributed by atoms with E-state index in [4.69, 9.17) is 0 Å². The summed E-state index contributed by atoms with van der Waals surface area (Å²) in [5.74, 6) is -2.49. The SMILES string of the molecule is CC(Nc1c(F)cccc1[N+](=O)[O-])c1c(F)cccc1F. The van der Waals surface area contributed by atoms with Crippen molar-refractivity contribution in [2.75, 3.05) is 5.32 Å². The summed E-state index contributed by atoms with van der Waals surface area (Å²) in [6.07, 6.45) is 0. The molecule has 1 atom stereocenters. The van der Waals surface area contributed by atoms with Crippen molar-refractivity contribution in [3.63, 3.8) is 0 Å². The van der Waals surface area contributed by atoms with Gasteiger partial charge in [0.2, 0.25) is 0 Å². The van der Waals surface area contributed by atoms with Crippen molar-refractivity contribution in [1.82, 2.24) is 0 Å². The van der Waals surface area contributed by atoms with Crippen molar-refractivity contribution in [2.45, 2.75) is 13.0 Å². The van der Waals surface area contributed by atoms with Gasteiger partial charge in [-0.1, -0.05) is 12.1 Å². The van der Waals surface area contributed by atoms with E-state index < -0.39 is 39.8 Å². The van der Waals surface area contributed by atoms with Crippen LogP contribution in [0.5, 0.6) is 0 Å². The summed E-state index contributed by atoms with van der Waals surface area (Å²) in [4.78, 5) is 10.1. The lowest BCUT2D eigenvalue weighted by molar-refractivity contribution is -0.384. The first-order valence-electron chi connectivity index (χ1n) is 6.05. The van der Waals surface area contributed by atoms with Crippen molar-refractivity contribution < 1.29 is 18.1 Å². The van der Waals surface area contributed by atoms with Gasteiger partial charge in [-0.05, 0) is 25.1 Å². The summed E-state index contributed by atoms with van der Waals surface area (Å²) >= 11 is 0. The third-order valence-electron chi connectivity index (χ3n) is 2.98. The van der Waals surface area contributed by atoms with Crippen LogP contribution in [-0.2, 0) is 0 Å². The monoisotopic (exact) mass is 296 g/mol. The van der Waals surface area contributed by atoms with Crippen LogP contribution in [0.2, 0.25) is 0 Å². The molecule has 0 saturated heterocycles. The highest BCUT2D eigenvalue weighted by Crippen LogP contribution is 2.31. The number of hydrogen-bond acceptors (Lipinski definition) is 3. The van der Waals surface area contributed by atoms with Crippen LogP contribution in [0, 0.1) is 27.6 Å². The number of halogens is 3. The topological polar surface area (TPSA) is 55.2 Å². The number of hydrogen-bond donors (Lipinski definition) is 1. The average molecular weight is 296 g/mol. The highest BCUT2D eigenvalue weighted by atomic mass is 19.1. The highest BCUT2D eigenvalue weighted by Gasteiger charge is 2.22. The van der Waals surface area contributed by atoms with Gasteiger partial charge in [-0.15, -0.1) is 0 Å². The minimum absolute atomic E-state index is 0.310. The molecule has 2 aromatic rings. The third-order valence-corrected chi connectivity index (χ3v) is 2.98. The molecule has 0 aliphatic heterocycles. The van der Waals surface area contributed by atoms with Gasteiger partial charge in [0.15, 0.2) is 5.82 Å². The highest BCUT2D eigenvalue weighted by molar-refractivity contribution is 5.63. The Morgan fingerprint density at radius 1 is 1.05 bits per heavy atom. The smallest absolute Gasteiger partial charge is 0.295 e. The van der Waals surface area contributed by atoms with Crippen LogP contribution in [0.4, 0.5) is 24.5 Å². The molecular formula is C14H11F3N2O2. The molecule has 0 fully saturated rings. The van der Waals surface area contributed by atoms with Gasteiger partial charge in [0.25, 0.3) is 5.69 Å². The van der Waals surface area contributed by atoms with Gasteiger partial charge in [0, 0.05) is 11.6 Å². The first kappa shape index (κ1) is 14.8. The zero-order valence-corrected chi connectivity index (χ0v) is 10.9. The Labute approximate surface area is 118 Å². The van der Waals surface area contributed by atoms with Crippen molar-refractivity contribution in [3.05, 3.63) is 69.5 Å². The van der Waals surface area contributed by atoms with E-state index in [1.165, 1.54) is 19.1 Å². The fourth-order valence-corrected chi connectivity index (χ4v) is 2.02. The lowest BCUT2D eigenvalue weighted by Gasteiger charge is -2.17. The molecule has 4 nitrogen and oxygen atoms in total. The number of nitrogens with one attached hydrogen (secondary N) is 1. The number of nitro benzene ring substituents is 1. The molecule has 2 rings (SSSR count). The summed E-state index contributed by atoms with van der Waals surface area (Å²) in [5.41, 5.74) is -1.22. The summed E-state index contributed by atoms with van der Waals surface area (Å²) < 4.78 is 41.0. The molecule has 0 bridgehead atoms. The van der Waals surface area contributed by atoms with Crippen LogP contribution in [0.15, 0.2) is 36.4 Å². The predicted molar refractivity (Wildman–Crippen MR) is 71.5 cm³/mol. The lowest BCUT2D eigenvalue weighted by atomic mass is 10.1. The van der Waals surface area contributed by atoms with Gasteiger partial charge >= 0.3 is 0 Å². The summed E-state index contributed by atoms with van der Waals surface area (Å²) in [5, 5.41) is 13.3. The van der Waals surface area contributed by atoms with Crippen molar-refractivity contribution >= 4 is 11.4 Å². The second-order valence-electron chi connectivity index (χ2n) is 4.39. The molecule has 110 valence electrons. The molecule has 0 aliphatic carbocycles. The number of rotatable bonds is 4. The van der Waals surface area contributed by atoms with Gasteiger partial charge < -0.3 is 5.32 Å². The Hall–Kier alpha value is -2.57. The van der Waals surface area contributed by atoms with Crippen LogP contribution in [0.3, 0.4) is 0 Å². The zero-order chi connectivity index (χ0) is 15.6. The van der Waals surface area contributed by atoms with E-state index in [0.29, 0.717) is 0 Å². The maximum absolute atomic E-state index is 13.7. The van der Waals surface area contributed by atoms with Gasteiger partial charge in [0.1, 0.15) is 17.3 Å². The van der Waals surface area contributed by atoms with Crippen LogP contribution in [0.1, 0.15) is 18.5 Å². The molecule has 0 spiro atoms. The lowest BCUT2D eigenvalue weighted by Crippen LogP contribution is -2.13. The number of anilines is 1. The number of nitro groups is 1. The van der Waals surface area contributed by atoms with E-state index in [2.05, 4.69) is 5.32 Å². The van der Waals surface area contributed by atoms with Gasteiger partial charge in [0.05, 0.1) is 11.0 Å². The van der Waals surface area contributed by atoms with Gasteiger partial charge in [-0.3, -0.25) is 10.1 Å². The van der Waals surface area contributed by atoms with E-state index in [9.17, 15) is 23.3 Å². The first-order valence-corrected chi connectivity index (χ1v) is 6.05. The van der Waals surface area contributed by atoms with E-state index in [1.54, 1.807) is 0 Å². The van der Waals surface area contributed by atoms with E-state index in [0.717, 1.165) is 24.3 Å². The predicted octanol–water partition coefficient (Wildman–Crippen LogP) is 4.19. The number of benzene rings is 2. The zero-order valence-electron chi connectivity index (χ0n) is 10.9. The minimum atomic E-state index is -0.984. The van der Waals surface area contributed by atoms with Crippen LogP contribution in [0.25, 0.3) is 0 Å². The molecule has 0 amide bonds. The van der Waals surface area contributed by atoms with Crippen molar-refractivity contribution in [1.29, 1.82) is 0 Å². The Balaban J connectivity index is 2.41. The standard InChI is InChI=1S/C14H11F3N2O2/c1-8(13-9(15)4-2-5-10(13)16)18-14-11(17)6-3-7-12(14)19(20)21/h2-8,18H,1H3. The minimum Gasteiger partial charge on any atom is -0.370 e. The number of para-hydroxylation sites is 1. The molecule has 1 unspecified atom stereocenters. The summed E-state index contributed by atoms with van der Waals surface area (Å²) in [7, 11) is 0. The first-order chi connectivity index (χ1) is 9.91. The molecule has 0 radical (unpaired) electrons. The molecule has 0 heterocycles. The van der Waals surface area contributed by atoms with Crippen molar-refractivity contribution in [3.8, 4) is 0 Å². The fraction of sp³-hybridized carbons (Fsp3) is 0.143. The second kappa shape index (κ2) is 5.82. The molecule has 2 aromatic carbocycles. The molecule has 21 heavy (non-hydrogen) atoms. The van der Waals surface area contributed by atoms with Crippen LogP contribution >= 0.6 is 0 Å². The van der Waals surface area contributed by atoms with Gasteiger partial charge in [-0.25, -0.2) is 13.2 Å². The van der Waals surface area contributed by atoms with Gasteiger partial charge in [-0.2, -0.15) is 0 Å². The van der Waals surface area contributed by atoms with Crippen LogP contribution in [-0.4, -0.2) is 4.92 Å². The molecule has 0 aliphatic rings. The summed E-state index contributed by atoms with van der Waals surface area (Å²) in [6, 6.07) is 5.66. The Morgan fingerprint density at radius 2 is 1.57 bits per heavy atom. The maximum atomic E-state index is 13.7. The van der Waals surface area contributed by atoms with Crippen LogP contribution < -0.4 is 5.32 Å².